The topological polar surface area (TPSA) is 110 Å². The van der Waals surface area contributed by atoms with Gasteiger partial charge in [-0.05, 0) is 12.8 Å². The molecule has 1 radical (unpaired) electrons. The third-order valence-electron chi connectivity index (χ3n) is 2.53. The van der Waals surface area contributed by atoms with Crippen molar-refractivity contribution >= 4 is 7.82 Å². The fraction of sp³-hybridized carbons (Fsp3) is 1.00. The Kier molecular flexibility index (Phi) is 5.33. The normalized spacial score (nSPS) is 27.5. The summed E-state index contributed by atoms with van der Waals surface area (Å²) in [5, 5.41) is 19.8. The van der Waals surface area contributed by atoms with Crippen molar-refractivity contribution in [1.82, 2.24) is 4.90 Å². The van der Waals surface area contributed by atoms with E-state index in [9.17, 15) is 14.8 Å². The third kappa shape index (κ3) is 4.88. The van der Waals surface area contributed by atoms with Gasteiger partial charge in [-0.25, -0.2) is 9.67 Å². The molecule has 0 aromatic carbocycles. The fourth-order valence-corrected chi connectivity index (χ4v) is 2.22. The molecule has 1 aliphatic heterocycles. The quantitative estimate of drug-likeness (QED) is 0.543. The van der Waals surface area contributed by atoms with E-state index in [1.165, 1.54) is 0 Å². The molecule has 0 aliphatic carbocycles. The molecule has 7 nitrogen and oxygen atoms in total. The molecule has 8 heteroatoms. The van der Waals surface area contributed by atoms with E-state index in [1.54, 1.807) is 0 Å². The molecular formula is C8H17NO6P. The highest BCUT2D eigenvalue weighted by molar-refractivity contribution is 7.46. The van der Waals surface area contributed by atoms with Gasteiger partial charge < -0.3 is 14.9 Å². The molecule has 0 amide bonds. The van der Waals surface area contributed by atoms with Gasteiger partial charge in [0.15, 0.2) is 0 Å². The number of phosphoric ester groups is 1. The van der Waals surface area contributed by atoms with Gasteiger partial charge in [-0.3, -0.25) is 9.42 Å². The molecule has 0 bridgehead atoms. The first-order valence-electron chi connectivity index (χ1n) is 5.12. The van der Waals surface area contributed by atoms with Gasteiger partial charge in [0.1, 0.15) is 0 Å². The minimum Gasteiger partial charge on any atom is -0.392 e. The van der Waals surface area contributed by atoms with Crippen molar-refractivity contribution in [3.63, 3.8) is 0 Å². The molecule has 1 rings (SSSR count). The van der Waals surface area contributed by atoms with E-state index in [-0.39, 0.29) is 19.3 Å². The minimum absolute atomic E-state index is 0.125. The van der Waals surface area contributed by atoms with E-state index < -0.39 is 13.9 Å². The summed E-state index contributed by atoms with van der Waals surface area (Å²) in [6.45, 7) is 0.629. The Hall–Kier alpha value is -0.0100. The van der Waals surface area contributed by atoms with E-state index >= 15 is 0 Å². The van der Waals surface area contributed by atoms with Crippen molar-refractivity contribution in [2.24, 2.45) is 0 Å². The third-order valence-corrected chi connectivity index (χ3v) is 3.02. The molecule has 0 aromatic rings. The van der Waals surface area contributed by atoms with Gasteiger partial charge >= 0.3 is 7.82 Å². The summed E-state index contributed by atoms with van der Waals surface area (Å²) in [7, 11) is -4.46. The number of hydrogen-bond acceptors (Lipinski definition) is 4. The first-order chi connectivity index (χ1) is 7.42. The van der Waals surface area contributed by atoms with E-state index in [0.717, 1.165) is 0 Å². The Bertz CT molecular complexity index is 257. The number of likely N-dealkylation sites (tertiary alicyclic amines) is 1. The van der Waals surface area contributed by atoms with Crippen LogP contribution in [0.5, 0.6) is 0 Å². The van der Waals surface area contributed by atoms with E-state index in [1.807, 2.05) is 4.90 Å². The predicted molar refractivity (Wildman–Crippen MR) is 54.2 cm³/mol. The second-order valence-electron chi connectivity index (χ2n) is 3.88. The van der Waals surface area contributed by atoms with E-state index in [4.69, 9.17) is 9.79 Å². The Morgan fingerprint density at radius 2 is 2.12 bits per heavy atom. The number of aliphatic hydroxyl groups excluding tert-OH is 1. The van der Waals surface area contributed by atoms with Crippen LogP contribution < -0.4 is 0 Å². The lowest BCUT2D eigenvalue weighted by Crippen LogP contribution is -2.34. The lowest BCUT2D eigenvalue weighted by atomic mass is 10.2. The molecule has 0 spiro atoms. The van der Waals surface area contributed by atoms with Gasteiger partial charge in [0.25, 0.3) is 0 Å². The molecular weight excluding hydrogens is 237 g/mol. The molecule has 95 valence electrons. The molecule has 0 aromatic heterocycles. The lowest BCUT2D eigenvalue weighted by Gasteiger charge is -2.23. The van der Waals surface area contributed by atoms with E-state index in [0.29, 0.717) is 25.9 Å². The summed E-state index contributed by atoms with van der Waals surface area (Å²) >= 11 is 0. The highest BCUT2D eigenvalue weighted by Crippen LogP contribution is 2.36. The number of aliphatic hydroxyl groups is 1. The van der Waals surface area contributed by atoms with E-state index in [2.05, 4.69) is 4.52 Å². The van der Waals surface area contributed by atoms with Gasteiger partial charge in [-0.15, -0.1) is 0 Å². The van der Waals surface area contributed by atoms with Crippen LogP contribution in [0.15, 0.2) is 0 Å². The van der Waals surface area contributed by atoms with Crippen molar-refractivity contribution in [3.8, 4) is 0 Å². The predicted octanol–water partition coefficient (Wildman–Crippen LogP) is -0.649. The first-order valence-corrected chi connectivity index (χ1v) is 6.65. The van der Waals surface area contributed by atoms with Crippen molar-refractivity contribution < 1.29 is 29.1 Å². The van der Waals surface area contributed by atoms with Gasteiger partial charge in [-0.2, -0.15) is 0 Å². The van der Waals surface area contributed by atoms with Gasteiger partial charge in [0.2, 0.25) is 0 Å². The molecule has 1 aliphatic rings. The molecule has 0 saturated carbocycles. The number of β-amino-alcohol motifs (C(OH)–C–C–N with tert-alkyl or cyclic N) is 1. The van der Waals surface area contributed by atoms with Crippen LogP contribution in [-0.4, -0.2) is 58.2 Å². The first kappa shape index (κ1) is 14.1. The van der Waals surface area contributed by atoms with Crippen LogP contribution in [0.1, 0.15) is 12.8 Å². The highest BCUT2D eigenvalue weighted by Gasteiger charge is 2.32. The number of phosphoric acid groups is 1. The number of rotatable bonds is 6. The minimum atomic E-state index is -4.46. The number of hydrogen-bond donors (Lipinski definition) is 3. The molecule has 16 heavy (non-hydrogen) atoms. The highest BCUT2D eigenvalue weighted by atomic mass is 31.2. The van der Waals surface area contributed by atoms with Gasteiger partial charge in [0.05, 0.1) is 19.3 Å². The van der Waals surface area contributed by atoms with Crippen molar-refractivity contribution in [2.75, 3.05) is 26.3 Å². The van der Waals surface area contributed by atoms with Crippen LogP contribution in [-0.2, 0) is 14.2 Å². The zero-order valence-corrected chi connectivity index (χ0v) is 9.75. The Balaban J connectivity index is 2.40. The van der Waals surface area contributed by atoms with Crippen LogP contribution in [0.3, 0.4) is 0 Å². The summed E-state index contributed by atoms with van der Waals surface area (Å²) in [5.74, 6) is 0. The van der Waals surface area contributed by atoms with Gasteiger partial charge in [-0.1, -0.05) is 0 Å². The van der Waals surface area contributed by atoms with Crippen LogP contribution in [0.4, 0.5) is 0 Å². The summed E-state index contributed by atoms with van der Waals surface area (Å²) in [4.78, 5) is 19.0. The molecule has 1 heterocycles. The summed E-state index contributed by atoms with van der Waals surface area (Å²) < 4.78 is 14.9. The average Bonchev–Trinajstić information content (AvgIpc) is 2.52. The monoisotopic (exact) mass is 254 g/mol. The zero-order chi connectivity index (χ0) is 12.2. The Morgan fingerprint density at radius 1 is 1.44 bits per heavy atom. The zero-order valence-electron chi connectivity index (χ0n) is 8.86. The largest absolute Gasteiger partial charge is 0.469 e. The average molecular weight is 254 g/mol. The second kappa shape index (κ2) is 6.07. The fourth-order valence-electron chi connectivity index (χ4n) is 1.86. The second-order valence-corrected chi connectivity index (χ2v) is 5.12. The van der Waals surface area contributed by atoms with Crippen molar-refractivity contribution in [2.45, 2.75) is 25.0 Å². The molecule has 2 atom stereocenters. The van der Waals surface area contributed by atoms with Crippen LogP contribution in [0.2, 0.25) is 0 Å². The molecule has 1 fully saturated rings. The molecule has 1 saturated heterocycles. The maximum absolute atomic E-state index is 10.5. The summed E-state index contributed by atoms with van der Waals surface area (Å²) in [6.07, 6.45) is 0.356. The SMILES string of the molecule is [O]CCCN1CC(O)CC1COP(=O)(O)O. The lowest BCUT2D eigenvalue weighted by molar-refractivity contribution is 0.119. The maximum atomic E-state index is 10.5. The summed E-state index contributed by atoms with van der Waals surface area (Å²) in [6, 6.07) is -0.228. The standard InChI is InChI=1S/C8H17NO6P/c10-3-1-2-9-5-8(11)4-7(9)6-15-16(12,13)14/h7-8,11H,1-6H2,(H2,12,13,14). The Labute approximate surface area is 93.9 Å². The molecule has 3 N–H and O–H groups in total. The Morgan fingerprint density at radius 3 is 2.69 bits per heavy atom. The summed E-state index contributed by atoms with van der Waals surface area (Å²) in [5.41, 5.74) is 0. The van der Waals surface area contributed by atoms with Crippen LogP contribution >= 0.6 is 7.82 Å². The van der Waals surface area contributed by atoms with Crippen LogP contribution in [0, 0.1) is 0 Å². The molecule has 2 unspecified atom stereocenters. The van der Waals surface area contributed by atoms with Gasteiger partial charge in [0, 0.05) is 19.1 Å². The smallest absolute Gasteiger partial charge is 0.392 e. The number of nitrogens with zero attached hydrogens (tertiary/aromatic N) is 1. The van der Waals surface area contributed by atoms with Crippen molar-refractivity contribution in [3.05, 3.63) is 0 Å². The van der Waals surface area contributed by atoms with Crippen molar-refractivity contribution in [1.29, 1.82) is 0 Å². The maximum Gasteiger partial charge on any atom is 0.469 e. The van der Waals surface area contributed by atoms with Crippen LogP contribution in [0.25, 0.3) is 0 Å².